The molecule has 0 radical (unpaired) electrons. The predicted molar refractivity (Wildman–Crippen MR) is 103 cm³/mol. The lowest BCUT2D eigenvalue weighted by molar-refractivity contribution is -0.137. The Bertz CT molecular complexity index is 793. The van der Waals surface area contributed by atoms with Gasteiger partial charge in [0.25, 0.3) is 0 Å². The number of carboxylic acid groups (broad SMARTS) is 1. The average molecular weight is 391 g/mol. The number of ether oxygens (including phenoxy) is 1. The molecule has 152 valence electrons. The molecule has 0 aliphatic heterocycles. The van der Waals surface area contributed by atoms with Crippen LogP contribution in [0.1, 0.15) is 62.5 Å². The van der Waals surface area contributed by atoms with Crippen LogP contribution in [0.5, 0.6) is 5.75 Å². The Balaban J connectivity index is 1.75. The summed E-state index contributed by atoms with van der Waals surface area (Å²) in [5.74, 6) is -0.708. The van der Waals surface area contributed by atoms with Crippen LogP contribution in [0.25, 0.3) is 0 Å². The highest BCUT2D eigenvalue weighted by atomic mass is 19.3. The number of nitrogens with two attached hydrogens (primary N) is 1. The molecule has 6 heteroatoms. The summed E-state index contributed by atoms with van der Waals surface area (Å²) >= 11 is 0. The Morgan fingerprint density at radius 2 is 2.00 bits per heavy atom. The molecule has 1 aromatic carbocycles. The summed E-state index contributed by atoms with van der Waals surface area (Å²) in [5.41, 5.74) is 8.95. The van der Waals surface area contributed by atoms with Crippen molar-refractivity contribution in [3.05, 3.63) is 52.1 Å². The van der Waals surface area contributed by atoms with Crippen LogP contribution in [0.15, 0.2) is 41.0 Å². The lowest BCUT2D eigenvalue weighted by Gasteiger charge is -2.18. The zero-order chi connectivity index (χ0) is 20.1. The molecule has 3 N–H and O–H groups in total. The number of benzene rings is 1. The van der Waals surface area contributed by atoms with Gasteiger partial charge < -0.3 is 9.84 Å². The first kappa shape index (κ1) is 20.5. The van der Waals surface area contributed by atoms with E-state index in [1.54, 1.807) is 6.07 Å². The van der Waals surface area contributed by atoms with Gasteiger partial charge in [0.2, 0.25) is 0 Å². The van der Waals surface area contributed by atoms with Crippen LogP contribution in [0.3, 0.4) is 0 Å². The molecular weight excluding hydrogens is 364 g/mol. The van der Waals surface area contributed by atoms with Crippen molar-refractivity contribution in [3.63, 3.8) is 0 Å². The fourth-order valence-corrected chi connectivity index (χ4v) is 4.05. The van der Waals surface area contributed by atoms with Crippen LogP contribution in [-0.4, -0.2) is 17.7 Å². The number of carboxylic acids is 1. The van der Waals surface area contributed by atoms with E-state index < -0.39 is 12.0 Å². The molecule has 0 heterocycles. The van der Waals surface area contributed by atoms with Crippen molar-refractivity contribution in [2.24, 2.45) is 5.73 Å². The minimum absolute atomic E-state index is 0.00118. The molecule has 0 saturated heterocycles. The molecule has 3 rings (SSSR count). The van der Waals surface area contributed by atoms with Crippen molar-refractivity contribution in [2.45, 2.75) is 63.8 Å². The second kappa shape index (κ2) is 8.86. The monoisotopic (exact) mass is 391 g/mol. The summed E-state index contributed by atoms with van der Waals surface area (Å²) in [7, 11) is 0. The summed E-state index contributed by atoms with van der Waals surface area (Å²) in [5, 5.41) is 8.81. The number of halogens is 2. The van der Waals surface area contributed by atoms with Crippen LogP contribution >= 0.6 is 0 Å². The van der Waals surface area contributed by atoms with E-state index in [0.717, 1.165) is 32.1 Å². The van der Waals surface area contributed by atoms with Gasteiger partial charge in [-0.15, -0.1) is 0 Å². The first-order valence-corrected chi connectivity index (χ1v) is 9.89. The SMILES string of the molecule is NC(F)(F)c1cc(OCC2=C(C3=CCCCC3)CCC2)ccc1CCC(=O)O. The minimum Gasteiger partial charge on any atom is -0.489 e. The van der Waals surface area contributed by atoms with Crippen LogP contribution in [0.2, 0.25) is 0 Å². The van der Waals surface area contributed by atoms with Gasteiger partial charge in [0.1, 0.15) is 12.4 Å². The molecule has 0 spiro atoms. The van der Waals surface area contributed by atoms with Gasteiger partial charge in [-0.05, 0) is 85.8 Å². The van der Waals surface area contributed by atoms with Gasteiger partial charge in [-0.25, -0.2) is 0 Å². The summed E-state index contributed by atoms with van der Waals surface area (Å²) in [6, 6.07) is 0.799. The number of hydrogen-bond donors (Lipinski definition) is 2. The van der Waals surface area contributed by atoms with Crippen molar-refractivity contribution in [3.8, 4) is 5.75 Å². The number of aryl methyl sites for hydroxylation is 1. The number of rotatable bonds is 8. The molecular formula is C22H27F2NO3. The maximum Gasteiger partial charge on any atom is 0.327 e. The number of carbonyl (C=O) groups is 1. The second-order valence-corrected chi connectivity index (χ2v) is 7.54. The van der Waals surface area contributed by atoms with Crippen LogP contribution in [-0.2, 0) is 17.3 Å². The maximum atomic E-state index is 13.8. The first-order chi connectivity index (χ1) is 13.3. The molecule has 0 saturated carbocycles. The molecule has 2 aliphatic carbocycles. The van der Waals surface area contributed by atoms with Gasteiger partial charge in [0.05, 0.1) is 0 Å². The Labute approximate surface area is 164 Å². The van der Waals surface area contributed by atoms with Crippen LogP contribution < -0.4 is 10.5 Å². The average Bonchev–Trinajstić information content (AvgIpc) is 3.13. The Morgan fingerprint density at radius 3 is 2.68 bits per heavy atom. The van der Waals surface area contributed by atoms with Gasteiger partial charge in [0.15, 0.2) is 0 Å². The van der Waals surface area contributed by atoms with Gasteiger partial charge in [-0.3, -0.25) is 10.5 Å². The van der Waals surface area contributed by atoms with E-state index in [4.69, 9.17) is 15.6 Å². The molecule has 28 heavy (non-hydrogen) atoms. The van der Waals surface area contributed by atoms with E-state index in [-0.39, 0.29) is 24.0 Å². The van der Waals surface area contributed by atoms with Crippen LogP contribution in [0.4, 0.5) is 8.78 Å². The molecule has 0 unspecified atom stereocenters. The summed E-state index contributed by atoms with van der Waals surface area (Å²) in [6.45, 7) is 0.386. The summed E-state index contributed by atoms with van der Waals surface area (Å²) in [4.78, 5) is 10.8. The molecule has 0 aromatic heterocycles. The molecule has 0 bridgehead atoms. The van der Waals surface area contributed by atoms with E-state index in [0.29, 0.717) is 12.4 Å². The van der Waals surface area contributed by atoms with Crippen molar-refractivity contribution in [2.75, 3.05) is 6.61 Å². The third-order valence-electron chi connectivity index (χ3n) is 5.47. The molecule has 1 aromatic rings. The highest BCUT2D eigenvalue weighted by Crippen LogP contribution is 2.36. The molecule has 0 amide bonds. The van der Waals surface area contributed by atoms with Gasteiger partial charge in [-0.1, -0.05) is 12.1 Å². The van der Waals surface area contributed by atoms with E-state index in [2.05, 4.69) is 6.08 Å². The minimum atomic E-state index is -3.54. The third kappa shape index (κ3) is 5.19. The predicted octanol–water partition coefficient (Wildman–Crippen LogP) is 5.07. The number of allylic oxidation sites excluding steroid dienone is 3. The standard InChI is InChI=1S/C22H27F2NO3/c23-22(24,25)20-13-18(11-9-16(20)10-12-21(26)27)28-14-17-7-4-8-19(17)15-5-2-1-3-6-15/h5,9,11,13H,1-4,6-8,10,12,14,25H2,(H,26,27). The number of aliphatic carboxylic acids is 1. The molecule has 0 fully saturated rings. The first-order valence-electron chi connectivity index (χ1n) is 9.89. The van der Waals surface area contributed by atoms with E-state index in [1.807, 2.05) is 0 Å². The fraction of sp³-hybridized carbons (Fsp3) is 0.500. The van der Waals surface area contributed by atoms with Crippen molar-refractivity contribution in [1.29, 1.82) is 0 Å². The highest BCUT2D eigenvalue weighted by Gasteiger charge is 2.29. The number of hydrogen-bond acceptors (Lipinski definition) is 3. The topological polar surface area (TPSA) is 72.5 Å². The van der Waals surface area contributed by atoms with E-state index in [9.17, 15) is 13.6 Å². The smallest absolute Gasteiger partial charge is 0.327 e. The third-order valence-corrected chi connectivity index (χ3v) is 5.47. The van der Waals surface area contributed by atoms with Crippen LogP contribution in [0, 0.1) is 0 Å². The maximum absolute atomic E-state index is 13.8. The molecule has 2 aliphatic rings. The second-order valence-electron chi connectivity index (χ2n) is 7.54. The Hall–Kier alpha value is -2.21. The van der Waals surface area contributed by atoms with Gasteiger partial charge in [0, 0.05) is 12.0 Å². The fourth-order valence-electron chi connectivity index (χ4n) is 4.05. The van der Waals surface area contributed by atoms with Crippen molar-refractivity contribution in [1.82, 2.24) is 0 Å². The largest absolute Gasteiger partial charge is 0.489 e. The normalized spacial score (nSPS) is 17.6. The summed E-state index contributed by atoms with van der Waals surface area (Å²) < 4.78 is 33.5. The van der Waals surface area contributed by atoms with Gasteiger partial charge >= 0.3 is 12.0 Å². The molecule has 0 atom stereocenters. The number of alkyl halides is 2. The Kier molecular flexibility index (Phi) is 6.50. The van der Waals surface area contributed by atoms with Crippen molar-refractivity contribution >= 4 is 5.97 Å². The highest BCUT2D eigenvalue weighted by molar-refractivity contribution is 5.67. The van der Waals surface area contributed by atoms with E-state index in [1.165, 1.54) is 41.7 Å². The zero-order valence-corrected chi connectivity index (χ0v) is 16.0. The quantitative estimate of drug-likeness (QED) is 0.607. The van der Waals surface area contributed by atoms with Crippen molar-refractivity contribution < 1.29 is 23.4 Å². The lowest BCUT2D eigenvalue weighted by atomic mass is 9.91. The zero-order valence-electron chi connectivity index (χ0n) is 16.0. The Morgan fingerprint density at radius 1 is 1.18 bits per heavy atom. The molecule has 4 nitrogen and oxygen atoms in total. The lowest BCUT2D eigenvalue weighted by Crippen LogP contribution is -2.27. The van der Waals surface area contributed by atoms with Gasteiger partial charge in [-0.2, -0.15) is 8.78 Å². The van der Waals surface area contributed by atoms with E-state index >= 15 is 0 Å². The summed E-state index contributed by atoms with van der Waals surface area (Å²) in [6.07, 6.45) is 9.94.